The molecule has 0 unspecified atom stereocenters. The summed E-state index contributed by atoms with van der Waals surface area (Å²) < 4.78 is 0. The Kier molecular flexibility index (Phi) is 3.81. The first-order valence-electron chi connectivity index (χ1n) is 7.09. The Labute approximate surface area is 131 Å². The van der Waals surface area contributed by atoms with Crippen LogP contribution in [0.2, 0.25) is 5.02 Å². The summed E-state index contributed by atoms with van der Waals surface area (Å²) in [6.07, 6.45) is 0. The summed E-state index contributed by atoms with van der Waals surface area (Å²) in [5.74, 6) is 0. The normalized spacial score (nSPS) is 11.3. The van der Waals surface area contributed by atoms with Crippen molar-refractivity contribution in [3.8, 4) is 0 Å². The van der Waals surface area contributed by atoms with E-state index in [2.05, 4.69) is 61.5 Å². The van der Waals surface area contributed by atoms with Gasteiger partial charge in [-0.05, 0) is 29.7 Å². The Hall–Kier alpha value is -2.05. The van der Waals surface area contributed by atoms with Crippen molar-refractivity contribution in [2.75, 3.05) is 0 Å². The van der Waals surface area contributed by atoms with Crippen LogP contribution in [0, 0.1) is 0 Å². The van der Waals surface area contributed by atoms with E-state index in [-0.39, 0.29) is 5.41 Å². The zero-order valence-electron chi connectivity index (χ0n) is 12.0. The number of hydrogen-bond acceptors (Lipinski definition) is 0. The summed E-state index contributed by atoms with van der Waals surface area (Å²) in [6, 6.07) is 29.1. The van der Waals surface area contributed by atoms with Gasteiger partial charge in [-0.3, -0.25) is 0 Å². The van der Waals surface area contributed by atoms with Crippen LogP contribution in [-0.4, -0.2) is 0 Å². The summed E-state index contributed by atoms with van der Waals surface area (Å²) in [7, 11) is 0. The summed E-state index contributed by atoms with van der Waals surface area (Å²) in [5.41, 5.74) is 3.35. The van der Waals surface area contributed by atoms with Gasteiger partial charge in [0, 0.05) is 10.4 Å². The van der Waals surface area contributed by atoms with E-state index in [1.54, 1.807) is 0 Å². The van der Waals surface area contributed by atoms with Crippen molar-refractivity contribution in [1.82, 2.24) is 0 Å². The van der Waals surface area contributed by atoms with E-state index in [1.807, 2.05) is 30.3 Å². The van der Waals surface area contributed by atoms with Crippen LogP contribution < -0.4 is 0 Å². The molecule has 0 aliphatic heterocycles. The minimum atomic E-state index is -0.263. The van der Waals surface area contributed by atoms with Crippen molar-refractivity contribution in [3.63, 3.8) is 0 Å². The van der Waals surface area contributed by atoms with Gasteiger partial charge in [0.2, 0.25) is 0 Å². The monoisotopic (exact) mass is 292 g/mol. The van der Waals surface area contributed by atoms with E-state index in [4.69, 9.17) is 11.6 Å². The van der Waals surface area contributed by atoms with Crippen molar-refractivity contribution in [1.29, 1.82) is 0 Å². The molecule has 21 heavy (non-hydrogen) atoms. The molecule has 104 valence electrons. The maximum absolute atomic E-state index is 6.51. The first-order chi connectivity index (χ1) is 10.2. The Balaban J connectivity index is 2.29. The second-order valence-electron chi connectivity index (χ2n) is 5.34. The molecule has 3 aromatic rings. The van der Waals surface area contributed by atoms with Crippen LogP contribution in [0.15, 0.2) is 84.9 Å². The van der Waals surface area contributed by atoms with Gasteiger partial charge in [-0.25, -0.2) is 0 Å². The highest BCUT2D eigenvalue weighted by Gasteiger charge is 2.32. The average Bonchev–Trinajstić information content (AvgIpc) is 2.56. The zero-order valence-corrected chi connectivity index (χ0v) is 12.7. The minimum absolute atomic E-state index is 0.263. The molecule has 0 heterocycles. The average molecular weight is 293 g/mol. The van der Waals surface area contributed by atoms with Crippen molar-refractivity contribution in [2.45, 2.75) is 12.3 Å². The van der Waals surface area contributed by atoms with Crippen molar-refractivity contribution >= 4 is 11.6 Å². The lowest BCUT2D eigenvalue weighted by atomic mass is 9.71. The quantitative estimate of drug-likeness (QED) is 0.544. The highest BCUT2D eigenvalue weighted by Crippen LogP contribution is 2.41. The molecule has 0 spiro atoms. The summed E-state index contributed by atoms with van der Waals surface area (Å²) >= 11 is 6.51. The van der Waals surface area contributed by atoms with E-state index in [9.17, 15) is 0 Å². The van der Waals surface area contributed by atoms with Crippen LogP contribution in [0.5, 0.6) is 0 Å². The van der Waals surface area contributed by atoms with Crippen LogP contribution in [0.3, 0.4) is 0 Å². The second kappa shape index (κ2) is 5.75. The molecule has 0 saturated heterocycles. The molecule has 3 aromatic carbocycles. The van der Waals surface area contributed by atoms with Gasteiger partial charge in [-0.1, -0.05) is 90.5 Å². The molecule has 0 bridgehead atoms. The van der Waals surface area contributed by atoms with Gasteiger partial charge in [0.15, 0.2) is 0 Å². The lowest BCUT2D eigenvalue weighted by molar-refractivity contribution is 0.693. The molecular weight excluding hydrogens is 276 g/mol. The first kappa shape index (κ1) is 13.9. The third kappa shape index (κ3) is 2.48. The lowest BCUT2D eigenvalue weighted by Gasteiger charge is -2.32. The smallest absolute Gasteiger partial charge is 0.0450 e. The van der Waals surface area contributed by atoms with Crippen LogP contribution in [0.25, 0.3) is 0 Å². The maximum atomic E-state index is 6.51. The first-order valence-corrected chi connectivity index (χ1v) is 7.47. The predicted molar refractivity (Wildman–Crippen MR) is 89.9 cm³/mol. The highest BCUT2D eigenvalue weighted by atomic mass is 35.5. The molecule has 0 N–H and O–H groups in total. The zero-order chi connectivity index (χ0) is 14.7. The molecule has 0 atom stereocenters. The molecule has 0 amide bonds. The van der Waals surface area contributed by atoms with Crippen LogP contribution in [0.4, 0.5) is 0 Å². The molecule has 3 rings (SSSR count). The summed E-state index contributed by atoms with van der Waals surface area (Å²) in [6.45, 7) is 2.24. The number of rotatable bonds is 3. The Morgan fingerprint density at radius 1 is 0.619 bits per heavy atom. The topological polar surface area (TPSA) is 0 Å². The largest absolute Gasteiger partial charge is 0.0840 e. The maximum Gasteiger partial charge on any atom is 0.0450 e. The van der Waals surface area contributed by atoms with Gasteiger partial charge < -0.3 is 0 Å². The van der Waals surface area contributed by atoms with E-state index in [0.29, 0.717) is 0 Å². The molecule has 0 radical (unpaired) electrons. The van der Waals surface area contributed by atoms with Crippen molar-refractivity contribution < 1.29 is 0 Å². The Morgan fingerprint density at radius 2 is 1.05 bits per heavy atom. The van der Waals surface area contributed by atoms with Gasteiger partial charge in [0.05, 0.1) is 0 Å². The molecular formula is C20H17Cl. The van der Waals surface area contributed by atoms with Gasteiger partial charge in [-0.15, -0.1) is 0 Å². The Morgan fingerprint density at radius 3 is 1.52 bits per heavy atom. The molecule has 0 saturated carbocycles. The van der Waals surface area contributed by atoms with Gasteiger partial charge >= 0.3 is 0 Å². The van der Waals surface area contributed by atoms with Crippen molar-refractivity contribution in [3.05, 3.63) is 107 Å². The Bertz CT molecular complexity index is 678. The van der Waals surface area contributed by atoms with Gasteiger partial charge in [-0.2, -0.15) is 0 Å². The van der Waals surface area contributed by atoms with Gasteiger partial charge in [0.25, 0.3) is 0 Å². The molecule has 0 aliphatic carbocycles. The van der Waals surface area contributed by atoms with Crippen LogP contribution in [-0.2, 0) is 5.41 Å². The van der Waals surface area contributed by atoms with E-state index in [0.717, 1.165) is 10.6 Å². The van der Waals surface area contributed by atoms with Crippen LogP contribution >= 0.6 is 11.6 Å². The molecule has 0 aromatic heterocycles. The molecule has 0 fully saturated rings. The lowest BCUT2D eigenvalue weighted by Crippen LogP contribution is -2.25. The minimum Gasteiger partial charge on any atom is -0.0840 e. The highest BCUT2D eigenvalue weighted by molar-refractivity contribution is 6.31. The number of hydrogen-bond donors (Lipinski definition) is 0. The van der Waals surface area contributed by atoms with E-state index in [1.165, 1.54) is 11.1 Å². The molecule has 0 aliphatic rings. The third-order valence-corrected chi connectivity index (χ3v) is 4.44. The van der Waals surface area contributed by atoms with Gasteiger partial charge in [0.1, 0.15) is 0 Å². The predicted octanol–water partition coefficient (Wildman–Crippen LogP) is 5.69. The summed E-state index contributed by atoms with van der Waals surface area (Å²) in [4.78, 5) is 0. The SMILES string of the molecule is CC(c1ccccc1)(c1ccccc1)c1ccccc1Cl. The summed E-state index contributed by atoms with van der Waals surface area (Å²) in [5, 5.41) is 0.799. The fourth-order valence-corrected chi connectivity index (χ4v) is 3.21. The molecule has 1 heteroatoms. The van der Waals surface area contributed by atoms with E-state index < -0.39 is 0 Å². The number of halogens is 1. The standard InChI is InChI=1S/C20H17Cl/c1-20(16-10-4-2-5-11-16,17-12-6-3-7-13-17)18-14-8-9-15-19(18)21/h2-15H,1H3. The van der Waals surface area contributed by atoms with Crippen LogP contribution in [0.1, 0.15) is 23.6 Å². The van der Waals surface area contributed by atoms with Crippen molar-refractivity contribution in [2.24, 2.45) is 0 Å². The third-order valence-electron chi connectivity index (χ3n) is 4.11. The fourth-order valence-electron chi connectivity index (χ4n) is 2.89. The van der Waals surface area contributed by atoms with E-state index >= 15 is 0 Å². The second-order valence-corrected chi connectivity index (χ2v) is 5.74. The fraction of sp³-hybridized carbons (Fsp3) is 0.100. The number of benzene rings is 3. The molecule has 0 nitrogen and oxygen atoms in total.